The van der Waals surface area contributed by atoms with Crippen LogP contribution in [0.4, 0.5) is 11.4 Å². The minimum atomic E-state index is -3.71. The molecule has 0 radical (unpaired) electrons. The Balaban J connectivity index is 2.41. The number of hydrogen-bond donors (Lipinski definition) is 1. The van der Waals surface area contributed by atoms with Gasteiger partial charge in [0.2, 0.25) is 10.0 Å². The molecule has 1 N–H and O–H groups in total. The zero-order valence-corrected chi connectivity index (χ0v) is 13.8. The minimum Gasteiger partial charge on any atom is -0.383 e. The van der Waals surface area contributed by atoms with Crippen LogP contribution in [0.25, 0.3) is 0 Å². The average Bonchev–Trinajstić information content (AvgIpc) is 2.45. The highest BCUT2D eigenvalue weighted by Gasteiger charge is 2.32. The quantitative estimate of drug-likeness (QED) is 0.676. The Hall–Kier alpha value is -1.67. The maximum Gasteiger partial charge on any atom is 0.293 e. The van der Waals surface area contributed by atoms with Crippen molar-refractivity contribution in [2.75, 3.05) is 25.5 Å². The van der Waals surface area contributed by atoms with Gasteiger partial charge in [-0.05, 0) is 30.4 Å². The molecule has 1 aromatic rings. The van der Waals surface area contributed by atoms with Crippen molar-refractivity contribution in [2.24, 2.45) is 11.8 Å². The van der Waals surface area contributed by atoms with Gasteiger partial charge in [-0.25, -0.2) is 8.42 Å². The first kappa shape index (κ1) is 16.7. The molecule has 1 heterocycles. The zero-order valence-electron chi connectivity index (χ0n) is 12.9. The van der Waals surface area contributed by atoms with Gasteiger partial charge in [0.15, 0.2) is 0 Å². The summed E-state index contributed by atoms with van der Waals surface area (Å²) in [6.07, 6.45) is 0.991. The molecule has 22 heavy (non-hydrogen) atoms. The van der Waals surface area contributed by atoms with Crippen molar-refractivity contribution in [3.8, 4) is 0 Å². The summed E-state index contributed by atoms with van der Waals surface area (Å²) >= 11 is 0. The number of rotatable bonds is 4. The fraction of sp³-hybridized carbons (Fsp3) is 0.571. The maximum absolute atomic E-state index is 12.7. The molecule has 1 saturated heterocycles. The molecule has 2 atom stereocenters. The summed E-state index contributed by atoms with van der Waals surface area (Å²) in [7, 11) is -2.15. The monoisotopic (exact) mass is 327 g/mol. The molecule has 0 aromatic heterocycles. The van der Waals surface area contributed by atoms with E-state index in [-0.39, 0.29) is 22.4 Å². The second-order valence-corrected chi connectivity index (χ2v) is 7.89. The molecule has 8 heteroatoms. The fourth-order valence-electron chi connectivity index (χ4n) is 2.99. The molecule has 0 amide bonds. The number of piperidine rings is 1. The molecule has 1 aliphatic heterocycles. The van der Waals surface area contributed by atoms with Gasteiger partial charge in [0.05, 0.1) is 9.82 Å². The lowest BCUT2D eigenvalue weighted by Crippen LogP contribution is -2.42. The molecule has 7 nitrogen and oxygen atoms in total. The third-order valence-corrected chi connectivity index (χ3v) is 5.74. The molecule has 122 valence electrons. The molecule has 1 fully saturated rings. The summed E-state index contributed by atoms with van der Waals surface area (Å²) in [6, 6.07) is 3.98. The lowest BCUT2D eigenvalue weighted by Gasteiger charge is -2.34. The highest BCUT2D eigenvalue weighted by atomic mass is 32.2. The van der Waals surface area contributed by atoms with Crippen LogP contribution in [0.15, 0.2) is 23.1 Å². The fourth-order valence-corrected chi connectivity index (χ4v) is 4.69. The molecule has 1 aromatic carbocycles. The van der Waals surface area contributed by atoms with Crippen LogP contribution in [0.5, 0.6) is 0 Å². The standard InChI is InChI=1S/C14H21N3O4S/c1-10-6-11(2)9-16(8-10)22(20,21)12-4-5-13(15-3)14(7-12)17(18)19/h4-5,7,10-11,15H,6,8-9H2,1-3H3/t10-,11-/m1/s1. The number of benzene rings is 1. The summed E-state index contributed by atoms with van der Waals surface area (Å²) in [5.74, 6) is 0.565. The van der Waals surface area contributed by atoms with E-state index in [1.54, 1.807) is 7.05 Å². The van der Waals surface area contributed by atoms with Crippen molar-refractivity contribution in [1.82, 2.24) is 4.31 Å². The van der Waals surface area contributed by atoms with Gasteiger partial charge >= 0.3 is 0 Å². The van der Waals surface area contributed by atoms with E-state index in [2.05, 4.69) is 5.32 Å². The number of nitro benzene ring substituents is 1. The van der Waals surface area contributed by atoms with E-state index in [9.17, 15) is 18.5 Å². The summed E-state index contributed by atoms with van der Waals surface area (Å²) in [6.45, 7) is 4.94. The van der Waals surface area contributed by atoms with Crippen molar-refractivity contribution in [2.45, 2.75) is 25.2 Å². The van der Waals surface area contributed by atoms with E-state index < -0.39 is 14.9 Å². The minimum absolute atomic E-state index is 0.0282. The SMILES string of the molecule is CNc1ccc(S(=O)(=O)N2C[C@H](C)C[C@@H](C)C2)cc1[N+](=O)[O-]. The van der Waals surface area contributed by atoms with Gasteiger partial charge in [-0.15, -0.1) is 0 Å². The normalized spacial score (nSPS) is 23.2. The van der Waals surface area contributed by atoms with E-state index in [0.717, 1.165) is 12.5 Å². The molecule has 2 rings (SSSR count). The molecular weight excluding hydrogens is 306 g/mol. The summed E-state index contributed by atoms with van der Waals surface area (Å²) in [5, 5.41) is 13.8. The third-order valence-electron chi connectivity index (χ3n) is 3.91. The Morgan fingerprint density at radius 2 is 1.86 bits per heavy atom. The van der Waals surface area contributed by atoms with Gasteiger partial charge in [0, 0.05) is 26.2 Å². The van der Waals surface area contributed by atoms with Crippen LogP contribution in [-0.4, -0.2) is 37.8 Å². The van der Waals surface area contributed by atoms with Crippen molar-refractivity contribution in [3.05, 3.63) is 28.3 Å². The third kappa shape index (κ3) is 3.22. The van der Waals surface area contributed by atoms with Crippen molar-refractivity contribution >= 4 is 21.4 Å². The van der Waals surface area contributed by atoms with Gasteiger partial charge in [-0.2, -0.15) is 4.31 Å². The lowest BCUT2D eigenvalue weighted by molar-refractivity contribution is -0.384. The summed E-state index contributed by atoms with van der Waals surface area (Å²) in [5.41, 5.74) is 0.0611. The first-order valence-corrected chi connectivity index (χ1v) is 8.66. The summed E-state index contributed by atoms with van der Waals surface area (Å²) < 4.78 is 26.9. The zero-order chi connectivity index (χ0) is 16.5. The highest BCUT2D eigenvalue weighted by Crippen LogP contribution is 2.31. The Morgan fingerprint density at radius 3 is 2.36 bits per heavy atom. The van der Waals surface area contributed by atoms with Crippen LogP contribution in [0.2, 0.25) is 0 Å². The van der Waals surface area contributed by atoms with Crippen LogP contribution in [0, 0.1) is 22.0 Å². The van der Waals surface area contributed by atoms with E-state index in [0.29, 0.717) is 18.8 Å². The molecule has 0 spiro atoms. The van der Waals surface area contributed by atoms with Crippen LogP contribution >= 0.6 is 0 Å². The number of hydrogen-bond acceptors (Lipinski definition) is 5. The van der Waals surface area contributed by atoms with Crippen LogP contribution in [0.3, 0.4) is 0 Å². The topological polar surface area (TPSA) is 92.6 Å². The Morgan fingerprint density at radius 1 is 1.27 bits per heavy atom. The average molecular weight is 327 g/mol. The second-order valence-electron chi connectivity index (χ2n) is 5.95. The van der Waals surface area contributed by atoms with Crippen molar-refractivity contribution in [3.63, 3.8) is 0 Å². The Bertz CT molecular complexity index is 665. The van der Waals surface area contributed by atoms with Crippen molar-refractivity contribution < 1.29 is 13.3 Å². The van der Waals surface area contributed by atoms with Crippen molar-refractivity contribution in [1.29, 1.82) is 0 Å². The number of nitro groups is 1. The number of nitrogens with one attached hydrogen (secondary N) is 1. The van der Waals surface area contributed by atoms with Crippen LogP contribution < -0.4 is 5.32 Å². The molecule has 0 aliphatic carbocycles. The lowest BCUT2D eigenvalue weighted by atomic mass is 9.94. The molecule has 0 saturated carbocycles. The van der Waals surface area contributed by atoms with Gasteiger partial charge in [0.25, 0.3) is 5.69 Å². The summed E-state index contributed by atoms with van der Waals surface area (Å²) in [4.78, 5) is 10.5. The number of sulfonamides is 1. The van der Waals surface area contributed by atoms with Gasteiger partial charge in [-0.1, -0.05) is 13.8 Å². The van der Waals surface area contributed by atoms with E-state index in [1.807, 2.05) is 13.8 Å². The molecule has 0 bridgehead atoms. The Labute approximate surface area is 130 Å². The van der Waals surface area contributed by atoms with Crippen LogP contribution in [0.1, 0.15) is 20.3 Å². The van der Waals surface area contributed by atoms with Gasteiger partial charge < -0.3 is 5.32 Å². The van der Waals surface area contributed by atoms with E-state index >= 15 is 0 Å². The Kier molecular flexibility index (Phi) is 4.72. The van der Waals surface area contributed by atoms with Gasteiger partial charge in [0.1, 0.15) is 5.69 Å². The van der Waals surface area contributed by atoms with Crippen LogP contribution in [-0.2, 0) is 10.0 Å². The number of nitrogens with zero attached hydrogens (tertiary/aromatic N) is 2. The largest absolute Gasteiger partial charge is 0.383 e. The maximum atomic E-state index is 12.7. The smallest absolute Gasteiger partial charge is 0.293 e. The van der Waals surface area contributed by atoms with E-state index in [4.69, 9.17) is 0 Å². The molecular formula is C14H21N3O4S. The molecule has 1 aliphatic rings. The van der Waals surface area contributed by atoms with E-state index in [1.165, 1.54) is 16.4 Å². The van der Waals surface area contributed by atoms with Gasteiger partial charge in [-0.3, -0.25) is 10.1 Å². The molecule has 0 unspecified atom stereocenters. The first-order chi connectivity index (χ1) is 10.3. The second kappa shape index (κ2) is 6.21. The predicted octanol–water partition coefficient (Wildman–Crippen LogP) is 2.30. The highest BCUT2D eigenvalue weighted by molar-refractivity contribution is 7.89. The predicted molar refractivity (Wildman–Crippen MR) is 84.3 cm³/mol. The number of anilines is 1. The first-order valence-electron chi connectivity index (χ1n) is 7.22.